The van der Waals surface area contributed by atoms with E-state index in [4.69, 9.17) is 9.84 Å². The smallest absolute Gasteiger partial charge is 0.320 e. The van der Waals surface area contributed by atoms with Gasteiger partial charge in [-0.3, -0.25) is 14.5 Å². The molecule has 3 atom stereocenters. The van der Waals surface area contributed by atoms with Crippen LogP contribution in [-0.4, -0.2) is 59.8 Å². The van der Waals surface area contributed by atoms with Crippen LogP contribution in [0.1, 0.15) is 52.4 Å². The molecule has 0 aliphatic heterocycles. The van der Waals surface area contributed by atoms with Gasteiger partial charge in [0.15, 0.2) is 0 Å². The third kappa shape index (κ3) is 5.77. The number of hydrogen-bond donors (Lipinski definition) is 2. The van der Waals surface area contributed by atoms with E-state index in [9.17, 15) is 9.59 Å². The highest BCUT2D eigenvalue weighted by atomic mass is 16.5. The van der Waals surface area contributed by atoms with Crippen molar-refractivity contribution in [1.82, 2.24) is 10.2 Å². The molecule has 0 saturated heterocycles. The van der Waals surface area contributed by atoms with Crippen LogP contribution >= 0.6 is 0 Å². The van der Waals surface area contributed by atoms with Crippen molar-refractivity contribution in [1.29, 1.82) is 0 Å². The van der Waals surface area contributed by atoms with Crippen LogP contribution in [0, 0.1) is 5.92 Å². The van der Waals surface area contributed by atoms with E-state index in [1.807, 2.05) is 0 Å². The van der Waals surface area contributed by atoms with Gasteiger partial charge in [-0.2, -0.15) is 0 Å². The van der Waals surface area contributed by atoms with Crippen LogP contribution in [0.3, 0.4) is 0 Å². The summed E-state index contributed by atoms with van der Waals surface area (Å²) in [6.07, 6.45) is 7.12. The molecular weight excluding hydrogens is 296 g/mol. The maximum Gasteiger partial charge on any atom is 0.320 e. The summed E-state index contributed by atoms with van der Waals surface area (Å²) in [5, 5.41) is 12.0. The predicted molar refractivity (Wildman–Crippen MR) is 87.2 cm³/mol. The maximum atomic E-state index is 12.0. The van der Waals surface area contributed by atoms with Crippen molar-refractivity contribution in [3.63, 3.8) is 0 Å². The molecule has 23 heavy (non-hydrogen) atoms. The van der Waals surface area contributed by atoms with Crippen molar-refractivity contribution < 1.29 is 19.4 Å². The van der Waals surface area contributed by atoms with Crippen molar-refractivity contribution in [2.75, 3.05) is 19.7 Å². The molecule has 0 heterocycles. The molecule has 0 aromatic rings. The first-order chi connectivity index (χ1) is 11.0. The number of hydrogen-bond acceptors (Lipinski definition) is 4. The van der Waals surface area contributed by atoms with Gasteiger partial charge in [0.05, 0.1) is 19.3 Å². The van der Waals surface area contributed by atoms with Crippen LogP contribution in [0.25, 0.3) is 0 Å². The van der Waals surface area contributed by atoms with E-state index < -0.39 is 12.0 Å². The van der Waals surface area contributed by atoms with Crippen LogP contribution in [0.2, 0.25) is 0 Å². The Morgan fingerprint density at radius 3 is 2.57 bits per heavy atom. The lowest BCUT2D eigenvalue weighted by Crippen LogP contribution is -2.46. The molecule has 2 rings (SSSR count). The minimum Gasteiger partial charge on any atom is -0.480 e. The summed E-state index contributed by atoms with van der Waals surface area (Å²) in [5.41, 5.74) is 0. The Labute approximate surface area is 138 Å². The van der Waals surface area contributed by atoms with Gasteiger partial charge in [0, 0.05) is 12.6 Å². The normalized spacial score (nSPS) is 26.0. The lowest BCUT2D eigenvalue weighted by molar-refractivity contribution is -0.143. The second kappa shape index (κ2) is 8.64. The highest BCUT2D eigenvalue weighted by molar-refractivity contribution is 5.79. The number of carboxylic acid groups (broad SMARTS) is 1. The first kappa shape index (κ1) is 18.2. The third-order valence-electron chi connectivity index (χ3n) is 4.99. The zero-order valence-corrected chi connectivity index (χ0v) is 14.3. The zero-order chi connectivity index (χ0) is 16.8. The third-order valence-corrected chi connectivity index (χ3v) is 4.99. The quantitative estimate of drug-likeness (QED) is 0.630. The largest absolute Gasteiger partial charge is 0.480 e. The van der Waals surface area contributed by atoms with Gasteiger partial charge in [-0.05, 0) is 38.5 Å². The Morgan fingerprint density at radius 1 is 1.26 bits per heavy atom. The molecule has 0 bridgehead atoms. The monoisotopic (exact) mass is 326 g/mol. The van der Waals surface area contributed by atoms with E-state index in [2.05, 4.69) is 12.2 Å². The standard InChI is InChI=1S/C17H30N2O4/c1-12-5-3-4-6-15(12)23-10-9-18-16(20)11-19(14-7-8-14)13(2)17(21)22/h12-15H,3-11H2,1-2H3,(H,18,20)(H,21,22). The van der Waals surface area contributed by atoms with Crippen molar-refractivity contribution in [2.45, 2.75) is 70.6 Å². The molecule has 6 heteroatoms. The number of carbonyl (C=O) groups is 2. The topological polar surface area (TPSA) is 78.9 Å². The Hall–Kier alpha value is -1.14. The molecule has 6 nitrogen and oxygen atoms in total. The SMILES string of the molecule is CC1CCCCC1OCCNC(=O)CN(C1CC1)C(C)C(=O)O. The highest BCUT2D eigenvalue weighted by Crippen LogP contribution is 2.28. The van der Waals surface area contributed by atoms with E-state index >= 15 is 0 Å². The van der Waals surface area contributed by atoms with E-state index in [-0.39, 0.29) is 18.5 Å². The molecule has 2 saturated carbocycles. The van der Waals surface area contributed by atoms with Crippen LogP contribution in [0.15, 0.2) is 0 Å². The molecule has 0 spiro atoms. The summed E-state index contributed by atoms with van der Waals surface area (Å²) < 4.78 is 5.87. The lowest BCUT2D eigenvalue weighted by atomic mass is 9.88. The average Bonchev–Trinajstić information content (AvgIpc) is 3.34. The molecule has 2 fully saturated rings. The molecule has 1 amide bonds. The highest BCUT2D eigenvalue weighted by Gasteiger charge is 2.36. The number of nitrogens with zero attached hydrogens (tertiary/aromatic N) is 1. The summed E-state index contributed by atoms with van der Waals surface area (Å²) in [7, 11) is 0. The number of carbonyl (C=O) groups excluding carboxylic acids is 1. The molecule has 0 radical (unpaired) electrons. The predicted octanol–water partition coefficient (Wildman–Crippen LogP) is 1.64. The Balaban J connectivity index is 1.65. The first-order valence-electron chi connectivity index (χ1n) is 8.86. The Kier molecular flexibility index (Phi) is 6.84. The molecule has 2 aliphatic carbocycles. The molecular formula is C17H30N2O4. The number of aliphatic carboxylic acids is 1. The van der Waals surface area contributed by atoms with Crippen LogP contribution in [0.4, 0.5) is 0 Å². The summed E-state index contributed by atoms with van der Waals surface area (Å²) in [6, 6.07) is -0.376. The van der Waals surface area contributed by atoms with Crippen LogP contribution in [0.5, 0.6) is 0 Å². The lowest BCUT2D eigenvalue weighted by Gasteiger charge is -2.29. The second-order valence-electron chi connectivity index (χ2n) is 6.94. The maximum absolute atomic E-state index is 12.0. The van der Waals surface area contributed by atoms with Crippen LogP contribution in [-0.2, 0) is 14.3 Å². The Bertz CT molecular complexity index is 411. The van der Waals surface area contributed by atoms with E-state index in [1.54, 1.807) is 11.8 Å². The van der Waals surface area contributed by atoms with E-state index in [1.165, 1.54) is 19.3 Å². The van der Waals surface area contributed by atoms with Gasteiger partial charge in [-0.25, -0.2) is 0 Å². The molecule has 0 aromatic heterocycles. The number of nitrogens with one attached hydrogen (secondary N) is 1. The minimum absolute atomic E-state index is 0.120. The molecule has 3 unspecified atom stereocenters. The number of carboxylic acids is 1. The van der Waals surface area contributed by atoms with Gasteiger partial charge in [0.1, 0.15) is 6.04 Å². The van der Waals surface area contributed by atoms with Gasteiger partial charge >= 0.3 is 5.97 Å². The van der Waals surface area contributed by atoms with Gasteiger partial charge in [-0.15, -0.1) is 0 Å². The summed E-state index contributed by atoms with van der Waals surface area (Å²) in [5.74, 6) is -0.397. The van der Waals surface area contributed by atoms with Gasteiger partial charge < -0.3 is 15.2 Å². The summed E-state index contributed by atoms with van der Waals surface area (Å²) >= 11 is 0. The molecule has 2 aliphatic rings. The van der Waals surface area contributed by atoms with E-state index in [0.29, 0.717) is 25.2 Å². The summed E-state index contributed by atoms with van der Waals surface area (Å²) in [4.78, 5) is 24.9. The van der Waals surface area contributed by atoms with E-state index in [0.717, 1.165) is 19.3 Å². The van der Waals surface area contributed by atoms with Crippen molar-refractivity contribution in [3.8, 4) is 0 Å². The summed E-state index contributed by atoms with van der Waals surface area (Å²) in [6.45, 7) is 5.03. The van der Waals surface area contributed by atoms with Crippen molar-refractivity contribution in [2.24, 2.45) is 5.92 Å². The van der Waals surface area contributed by atoms with Gasteiger partial charge in [-0.1, -0.05) is 19.8 Å². The molecule has 2 N–H and O–H groups in total. The fourth-order valence-corrected chi connectivity index (χ4v) is 3.28. The second-order valence-corrected chi connectivity index (χ2v) is 6.94. The van der Waals surface area contributed by atoms with Crippen molar-refractivity contribution >= 4 is 11.9 Å². The zero-order valence-electron chi connectivity index (χ0n) is 14.3. The minimum atomic E-state index is -0.876. The first-order valence-corrected chi connectivity index (χ1v) is 8.86. The number of rotatable bonds is 9. The van der Waals surface area contributed by atoms with Gasteiger partial charge in [0.25, 0.3) is 0 Å². The number of amides is 1. The number of ether oxygens (including phenoxy) is 1. The average molecular weight is 326 g/mol. The van der Waals surface area contributed by atoms with Crippen molar-refractivity contribution in [3.05, 3.63) is 0 Å². The molecule has 0 aromatic carbocycles. The van der Waals surface area contributed by atoms with Gasteiger partial charge in [0.2, 0.25) is 5.91 Å². The van der Waals surface area contributed by atoms with Crippen LogP contribution < -0.4 is 5.32 Å². The Morgan fingerprint density at radius 2 is 1.96 bits per heavy atom. The fourth-order valence-electron chi connectivity index (χ4n) is 3.28. The fraction of sp³-hybridized carbons (Fsp3) is 0.882. The molecule has 132 valence electrons.